The van der Waals surface area contributed by atoms with Crippen molar-refractivity contribution < 1.29 is 23.1 Å². The first kappa shape index (κ1) is 31.4. The normalized spacial score (nSPS) is 13.1. The Morgan fingerprint density at radius 1 is 0.828 bits per heavy atom. The van der Waals surface area contributed by atoms with Gasteiger partial charge in [-0.25, -0.2) is 0 Å². The Hall–Kier alpha value is 0.194. The van der Waals surface area contributed by atoms with Crippen molar-refractivity contribution in [3.05, 3.63) is 0 Å². The van der Waals surface area contributed by atoms with Crippen LogP contribution >= 0.6 is 0 Å². The zero-order chi connectivity index (χ0) is 22.6. The number of ether oxygens (including phenoxy) is 1. The molecule has 0 heterocycles. The second-order valence-electron chi connectivity index (χ2n) is 8.39. The predicted octanol–water partition coefficient (Wildman–Crippen LogP) is 4.54. The molecule has 8 heteroatoms. The summed E-state index contributed by atoms with van der Waals surface area (Å²) in [5.41, 5.74) is 0. The monoisotopic (exact) mass is 453 g/mol. The van der Waals surface area contributed by atoms with Crippen LogP contribution in [0.3, 0.4) is 0 Å². The molecule has 0 fully saturated rings. The quantitative estimate of drug-likeness (QED) is 0.235. The van der Waals surface area contributed by atoms with Crippen LogP contribution in [0.1, 0.15) is 53.9 Å². The molecule has 0 aromatic rings. The van der Waals surface area contributed by atoms with Gasteiger partial charge in [0.1, 0.15) is 0 Å². The molecule has 0 aliphatic rings. The van der Waals surface area contributed by atoms with E-state index < -0.39 is 23.0 Å². The van der Waals surface area contributed by atoms with Crippen molar-refractivity contribution in [3.8, 4) is 0 Å². The smallest absolute Gasteiger partial charge is 0.389 e. The molecule has 0 rings (SSSR count). The third-order valence-electron chi connectivity index (χ3n) is 3.83. The van der Waals surface area contributed by atoms with Gasteiger partial charge in [0.05, 0.1) is 12.7 Å². The molecule has 1 atom stereocenters. The van der Waals surface area contributed by atoms with Gasteiger partial charge in [0.2, 0.25) is 0 Å². The summed E-state index contributed by atoms with van der Waals surface area (Å²) in [5, 5.41) is 13.3. The Balaban J connectivity index is 0. The van der Waals surface area contributed by atoms with E-state index in [1.54, 1.807) is 0 Å². The Labute approximate surface area is 183 Å². The number of nitrogens with one attached hydrogen (secondary N) is 1. The van der Waals surface area contributed by atoms with E-state index >= 15 is 0 Å². The topological polar surface area (TPSA) is 69.2 Å². The van der Waals surface area contributed by atoms with Gasteiger partial charge in [-0.15, -0.1) is 0 Å². The molecular formula is C21H51NO5Si2. The van der Waals surface area contributed by atoms with Crippen LogP contribution in [-0.2, 0) is 18.0 Å². The summed E-state index contributed by atoms with van der Waals surface area (Å²) >= 11 is 0. The number of aliphatic hydroxyl groups excluding tert-OH is 1. The Kier molecular flexibility index (Phi) is 21.8. The van der Waals surface area contributed by atoms with Gasteiger partial charge in [0.25, 0.3) is 0 Å². The van der Waals surface area contributed by atoms with E-state index in [2.05, 4.69) is 38.8 Å². The molecule has 1 unspecified atom stereocenters. The minimum absolute atomic E-state index is 0.397. The molecule has 0 saturated heterocycles. The second kappa shape index (κ2) is 20.1. The highest BCUT2D eigenvalue weighted by Gasteiger charge is 2.39. The Bertz CT molecular complexity index is 327. The van der Waals surface area contributed by atoms with Gasteiger partial charge in [0, 0.05) is 47.1 Å². The van der Waals surface area contributed by atoms with E-state index in [4.69, 9.17) is 18.0 Å². The van der Waals surface area contributed by atoms with E-state index in [0.717, 1.165) is 32.0 Å². The van der Waals surface area contributed by atoms with Gasteiger partial charge < -0.3 is 28.4 Å². The van der Waals surface area contributed by atoms with Crippen LogP contribution in [0.15, 0.2) is 0 Å². The number of hydrogen-bond donors (Lipinski definition) is 2. The number of aliphatic hydroxyl groups is 1. The lowest BCUT2D eigenvalue weighted by atomic mass is 10.3. The predicted molar refractivity (Wildman–Crippen MR) is 128 cm³/mol. The van der Waals surface area contributed by atoms with Crippen LogP contribution in [0.2, 0.25) is 31.7 Å². The summed E-state index contributed by atoms with van der Waals surface area (Å²) < 4.78 is 23.1. The van der Waals surface area contributed by atoms with Gasteiger partial charge in [-0.1, -0.05) is 46.0 Å². The fourth-order valence-corrected chi connectivity index (χ4v) is 6.50. The fraction of sp³-hybridized carbons (Fsp3) is 1.00. The minimum atomic E-state index is -2.54. The van der Waals surface area contributed by atoms with Gasteiger partial charge in [-0.3, -0.25) is 0 Å². The molecule has 0 bridgehead atoms. The van der Waals surface area contributed by atoms with Crippen LogP contribution in [0.4, 0.5) is 0 Å². The SMILES string of the molecule is CCC.CCO[Si](CCCNCC(O)COCCC[Si](C)(C)C)(OCC)OCC. The molecule has 0 aromatic carbocycles. The van der Waals surface area contributed by atoms with Crippen molar-refractivity contribution in [2.75, 3.05) is 46.1 Å². The average Bonchev–Trinajstić information content (AvgIpc) is 2.61. The first-order valence-corrected chi connectivity index (χ1v) is 17.2. The van der Waals surface area contributed by atoms with Gasteiger partial charge >= 0.3 is 8.80 Å². The lowest BCUT2D eigenvalue weighted by Crippen LogP contribution is -2.46. The molecule has 0 aromatic heterocycles. The highest BCUT2D eigenvalue weighted by molar-refractivity contribution is 6.76. The maximum absolute atomic E-state index is 9.98. The average molecular weight is 454 g/mol. The molecule has 0 aliphatic carbocycles. The van der Waals surface area contributed by atoms with Crippen LogP contribution in [0.25, 0.3) is 0 Å². The zero-order valence-corrected chi connectivity index (χ0v) is 22.6. The van der Waals surface area contributed by atoms with E-state index in [1.165, 1.54) is 12.5 Å². The van der Waals surface area contributed by atoms with Crippen LogP contribution < -0.4 is 5.32 Å². The standard InChI is InChI=1S/C18H43NO5Si2.C3H8/c1-7-22-26(23-8-2,24-9-3)15-10-12-19-16-18(20)17-21-13-11-14-25(4,5)6;1-3-2/h18-20H,7-17H2,1-6H3;3H2,1-2H3. The first-order valence-electron chi connectivity index (χ1n) is 11.6. The second-order valence-corrected chi connectivity index (χ2v) is 16.7. The molecule has 0 saturated carbocycles. The Morgan fingerprint density at radius 3 is 1.79 bits per heavy atom. The van der Waals surface area contributed by atoms with E-state index in [0.29, 0.717) is 33.0 Å². The van der Waals surface area contributed by atoms with Gasteiger partial charge in [-0.05, 0) is 40.2 Å². The van der Waals surface area contributed by atoms with Crippen LogP contribution in [-0.4, -0.2) is 74.2 Å². The van der Waals surface area contributed by atoms with E-state index in [9.17, 15) is 5.11 Å². The minimum Gasteiger partial charge on any atom is -0.389 e. The molecule has 6 nitrogen and oxygen atoms in total. The number of hydrogen-bond acceptors (Lipinski definition) is 6. The fourth-order valence-electron chi connectivity index (χ4n) is 2.68. The van der Waals surface area contributed by atoms with Crippen molar-refractivity contribution in [1.82, 2.24) is 5.32 Å². The molecule has 178 valence electrons. The number of rotatable bonds is 18. The molecular weight excluding hydrogens is 402 g/mol. The Morgan fingerprint density at radius 2 is 1.34 bits per heavy atom. The van der Waals surface area contributed by atoms with Crippen LogP contribution in [0, 0.1) is 0 Å². The lowest BCUT2D eigenvalue weighted by Gasteiger charge is -2.28. The molecule has 2 N–H and O–H groups in total. The summed E-state index contributed by atoms with van der Waals surface area (Å²) in [6.45, 7) is 21.6. The zero-order valence-electron chi connectivity index (χ0n) is 20.6. The maximum Gasteiger partial charge on any atom is 0.500 e. The maximum atomic E-state index is 9.98. The highest BCUT2D eigenvalue weighted by Crippen LogP contribution is 2.17. The summed E-state index contributed by atoms with van der Waals surface area (Å²) in [7, 11) is -3.52. The molecule has 29 heavy (non-hydrogen) atoms. The van der Waals surface area contributed by atoms with Crippen molar-refractivity contribution >= 4 is 16.9 Å². The molecule has 0 amide bonds. The molecule has 0 radical (unpaired) electrons. The summed E-state index contributed by atoms with van der Waals surface area (Å²) in [6.07, 6.45) is 2.78. The lowest BCUT2D eigenvalue weighted by molar-refractivity contribution is 0.0372. The van der Waals surface area contributed by atoms with Gasteiger partial charge in [0.15, 0.2) is 0 Å². The summed E-state index contributed by atoms with van der Waals surface area (Å²) in [5.74, 6) is 0. The molecule has 0 spiro atoms. The van der Waals surface area contributed by atoms with E-state index in [1.807, 2.05) is 20.8 Å². The third kappa shape index (κ3) is 21.2. The van der Waals surface area contributed by atoms with Crippen molar-refractivity contribution in [3.63, 3.8) is 0 Å². The summed E-state index contributed by atoms with van der Waals surface area (Å²) in [6, 6.07) is 2.06. The van der Waals surface area contributed by atoms with Gasteiger partial charge in [-0.2, -0.15) is 0 Å². The summed E-state index contributed by atoms with van der Waals surface area (Å²) in [4.78, 5) is 0. The van der Waals surface area contributed by atoms with Crippen molar-refractivity contribution in [1.29, 1.82) is 0 Å². The van der Waals surface area contributed by atoms with Crippen molar-refractivity contribution in [2.45, 2.75) is 91.7 Å². The first-order chi connectivity index (χ1) is 13.7. The third-order valence-corrected chi connectivity index (χ3v) is 8.84. The molecule has 0 aliphatic heterocycles. The van der Waals surface area contributed by atoms with Crippen LogP contribution in [0.5, 0.6) is 0 Å². The van der Waals surface area contributed by atoms with E-state index in [-0.39, 0.29) is 0 Å². The highest BCUT2D eigenvalue weighted by atomic mass is 28.4. The largest absolute Gasteiger partial charge is 0.500 e. The van der Waals surface area contributed by atoms with Crippen molar-refractivity contribution in [2.24, 2.45) is 0 Å².